The molecule has 32 heavy (non-hydrogen) atoms. The number of aromatic nitrogens is 4. The van der Waals surface area contributed by atoms with Gasteiger partial charge in [0.15, 0.2) is 5.82 Å². The number of nitrogen functional groups attached to an aromatic ring is 1. The lowest BCUT2D eigenvalue weighted by molar-refractivity contribution is 0.0520. The monoisotopic (exact) mass is 423 g/mol. The summed E-state index contributed by atoms with van der Waals surface area (Å²) in [5.74, 6) is -0.448. The lowest BCUT2D eigenvalue weighted by Gasteiger charge is -2.06. The number of hydrogen-bond acceptors (Lipinski definition) is 5. The number of aromatic amines is 1. The number of hydrogen-bond donors (Lipinski definition) is 2. The second kappa shape index (κ2) is 8.03. The number of anilines is 1. The van der Waals surface area contributed by atoms with Gasteiger partial charge in [-0.25, -0.2) is 4.79 Å². The van der Waals surface area contributed by atoms with Crippen molar-refractivity contribution in [3.8, 4) is 28.1 Å². The van der Waals surface area contributed by atoms with Crippen molar-refractivity contribution in [3.63, 3.8) is 0 Å². The molecule has 0 saturated heterocycles. The van der Waals surface area contributed by atoms with Crippen LogP contribution in [-0.4, -0.2) is 32.6 Å². The Morgan fingerprint density at radius 1 is 1.00 bits per heavy atom. The molecule has 2 aromatic heterocycles. The van der Waals surface area contributed by atoms with Crippen LogP contribution in [0, 0.1) is 0 Å². The third-order valence-corrected chi connectivity index (χ3v) is 5.33. The van der Waals surface area contributed by atoms with E-state index in [-0.39, 0.29) is 18.1 Å². The van der Waals surface area contributed by atoms with Crippen molar-refractivity contribution < 1.29 is 9.53 Å². The molecule has 7 nitrogen and oxygen atoms in total. The number of H-pyrrole nitrogens is 1. The smallest absolute Gasteiger partial charge is 0.362 e. The first kappa shape index (κ1) is 19.6. The number of nitrogens with two attached hydrogens (primary N) is 1. The predicted molar refractivity (Wildman–Crippen MR) is 124 cm³/mol. The topological polar surface area (TPSA) is 98.8 Å². The highest BCUT2D eigenvalue weighted by Gasteiger charge is 2.21. The van der Waals surface area contributed by atoms with E-state index in [9.17, 15) is 4.79 Å². The maximum Gasteiger partial charge on any atom is 0.362 e. The van der Waals surface area contributed by atoms with Gasteiger partial charge in [-0.2, -0.15) is 4.68 Å². The molecule has 0 fully saturated rings. The number of benzene rings is 3. The SMILES string of the molecule is CCOC(=O)c1nnn(-c2ccc3c(-c4ccccc4)c(-c4ccccc4)[nH]c3c2)c1N. The number of carbonyl (C=O) groups excluding carboxylic acids is 1. The van der Waals surface area contributed by atoms with E-state index in [1.165, 1.54) is 4.68 Å². The maximum absolute atomic E-state index is 12.1. The van der Waals surface area contributed by atoms with E-state index in [1.807, 2.05) is 54.6 Å². The summed E-state index contributed by atoms with van der Waals surface area (Å²) in [5, 5.41) is 9.05. The Morgan fingerprint density at radius 3 is 2.38 bits per heavy atom. The molecule has 0 aliphatic heterocycles. The quantitative estimate of drug-likeness (QED) is 0.394. The van der Waals surface area contributed by atoms with Crippen molar-refractivity contribution in [3.05, 3.63) is 84.6 Å². The Labute approximate surface area is 184 Å². The average Bonchev–Trinajstić information content (AvgIpc) is 3.40. The minimum atomic E-state index is -0.588. The minimum absolute atomic E-state index is 0.00776. The molecule has 0 bridgehead atoms. The molecule has 0 aliphatic rings. The van der Waals surface area contributed by atoms with Crippen LogP contribution in [0.2, 0.25) is 0 Å². The summed E-state index contributed by atoms with van der Waals surface area (Å²) in [6, 6.07) is 26.4. The lowest BCUT2D eigenvalue weighted by Crippen LogP contribution is -2.09. The Kier molecular flexibility index (Phi) is 4.91. The first-order valence-electron chi connectivity index (χ1n) is 10.3. The molecule has 0 radical (unpaired) electrons. The number of nitrogens with zero attached hydrogens (tertiary/aromatic N) is 3. The molecular formula is C25H21N5O2. The Hall–Kier alpha value is -4.39. The molecule has 7 heteroatoms. The van der Waals surface area contributed by atoms with Crippen LogP contribution >= 0.6 is 0 Å². The molecule has 0 spiro atoms. The van der Waals surface area contributed by atoms with Gasteiger partial charge in [0, 0.05) is 16.5 Å². The van der Waals surface area contributed by atoms with Gasteiger partial charge in [-0.3, -0.25) is 0 Å². The molecular weight excluding hydrogens is 402 g/mol. The summed E-state index contributed by atoms with van der Waals surface area (Å²) < 4.78 is 6.45. The van der Waals surface area contributed by atoms with Crippen LogP contribution in [-0.2, 0) is 4.74 Å². The molecule has 3 N–H and O–H groups in total. The van der Waals surface area contributed by atoms with Gasteiger partial charge in [0.2, 0.25) is 5.69 Å². The summed E-state index contributed by atoms with van der Waals surface area (Å²) in [6.45, 7) is 1.97. The second-order valence-corrected chi connectivity index (χ2v) is 7.29. The fourth-order valence-electron chi connectivity index (χ4n) is 3.87. The van der Waals surface area contributed by atoms with E-state index in [4.69, 9.17) is 10.5 Å². The van der Waals surface area contributed by atoms with E-state index < -0.39 is 5.97 Å². The number of nitrogens with one attached hydrogen (secondary N) is 1. The predicted octanol–water partition coefficient (Wildman–Crippen LogP) is 4.84. The highest BCUT2D eigenvalue weighted by Crippen LogP contribution is 2.38. The van der Waals surface area contributed by atoms with Crippen LogP contribution in [0.15, 0.2) is 78.9 Å². The Morgan fingerprint density at radius 2 is 1.69 bits per heavy atom. The summed E-state index contributed by atoms with van der Waals surface area (Å²) in [6.07, 6.45) is 0. The van der Waals surface area contributed by atoms with Crippen LogP contribution in [0.25, 0.3) is 39.0 Å². The second-order valence-electron chi connectivity index (χ2n) is 7.29. The van der Waals surface area contributed by atoms with Crippen molar-refractivity contribution in [2.24, 2.45) is 0 Å². The standard InChI is InChI=1S/C25H21N5O2/c1-2-32-25(31)23-24(26)30(29-28-23)18-13-14-19-20(15-18)27-22(17-11-7-4-8-12-17)21(19)16-9-5-3-6-10-16/h3-15,27H,2,26H2,1H3. The normalized spacial score (nSPS) is 11.0. The highest BCUT2D eigenvalue weighted by atomic mass is 16.5. The molecule has 2 heterocycles. The van der Waals surface area contributed by atoms with E-state index in [1.54, 1.807) is 6.92 Å². The van der Waals surface area contributed by atoms with Crippen LogP contribution in [0.5, 0.6) is 0 Å². The fraction of sp³-hybridized carbons (Fsp3) is 0.0800. The van der Waals surface area contributed by atoms with Crippen molar-refractivity contribution >= 4 is 22.7 Å². The summed E-state index contributed by atoms with van der Waals surface area (Å²) >= 11 is 0. The van der Waals surface area contributed by atoms with E-state index in [0.717, 1.165) is 33.3 Å². The molecule has 3 aromatic carbocycles. The first-order valence-corrected chi connectivity index (χ1v) is 10.3. The minimum Gasteiger partial charge on any atom is -0.461 e. The number of carbonyl (C=O) groups is 1. The third-order valence-electron chi connectivity index (χ3n) is 5.33. The van der Waals surface area contributed by atoms with Crippen molar-refractivity contribution in [2.75, 3.05) is 12.3 Å². The number of fused-ring (bicyclic) bond motifs is 1. The largest absolute Gasteiger partial charge is 0.461 e. The van der Waals surface area contributed by atoms with Gasteiger partial charge in [0.25, 0.3) is 0 Å². The Bertz CT molecular complexity index is 1400. The van der Waals surface area contributed by atoms with E-state index >= 15 is 0 Å². The van der Waals surface area contributed by atoms with Crippen molar-refractivity contribution in [2.45, 2.75) is 6.92 Å². The first-order chi connectivity index (χ1) is 15.7. The van der Waals surface area contributed by atoms with Crippen LogP contribution in [0.4, 0.5) is 5.82 Å². The zero-order valence-corrected chi connectivity index (χ0v) is 17.4. The molecule has 0 atom stereocenters. The number of esters is 1. The summed E-state index contributed by atoms with van der Waals surface area (Å²) in [7, 11) is 0. The van der Waals surface area contributed by atoms with E-state index in [2.05, 4.69) is 39.6 Å². The fourth-order valence-corrected chi connectivity index (χ4v) is 3.87. The lowest BCUT2D eigenvalue weighted by atomic mass is 9.98. The van der Waals surface area contributed by atoms with Gasteiger partial charge in [0.05, 0.1) is 18.0 Å². The molecule has 0 amide bonds. The van der Waals surface area contributed by atoms with Gasteiger partial charge in [-0.15, -0.1) is 5.10 Å². The van der Waals surface area contributed by atoms with Gasteiger partial charge >= 0.3 is 5.97 Å². The van der Waals surface area contributed by atoms with Crippen LogP contribution < -0.4 is 5.73 Å². The maximum atomic E-state index is 12.1. The third kappa shape index (κ3) is 3.30. The Balaban J connectivity index is 1.67. The van der Waals surface area contributed by atoms with Crippen molar-refractivity contribution in [1.29, 1.82) is 0 Å². The van der Waals surface area contributed by atoms with Crippen LogP contribution in [0.3, 0.4) is 0 Å². The summed E-state index contributed by atoms with van der Waals surface area (Å²) in [4.78, 5) is 15.6. The average molecular weight is 423 g/mol. The molecule has 0 unspecified atom stereocenters. The zero-order valence-electron chi connectivity index (χ0n) is 17.4. The van der Waals surface area contributed by atoms with Crippen molar-refractivity contribution in [1.82, 2.24) is 20.0 Å². The van der Waals surface area contributed by atoms with Gasteiger partial charge in [-0.05, 0) is 30.2 Å². The highest BCUT2D eigenvalue weighted by molar-refractivity contribution is 6.04. The molecule has 5 aromatic rings. The number of ether oxygens (including phenoxy) is 1. The summed E-state index contributed by atoms with van der Waals surface area (Å²) in [5.41, 5.74) is 12.1. The molecule has 5 rings (SSSR count). The molecule has 158 valence electrons. The number of rotatable bonds is 5. The zero-order chi connectivity index (χ0) is 22.1. The van der Waals surface area contributed by atoms with Gasteiger partial charge in [0.1, 0.15) is 0 Å². The van der Waals surface area contributed by atoms with Gasteiger partial charge in [-0.1, -0.05) is 71.9 Å². The van der Waals surface area contributed by atoms with Gasteiger partial charge < -0.3 is 15.5 Å². The molecule has 0 aliphatic carbocycles. The van der Waals surface area contributed by atoms with E-state index in [0.29, 0.717) is 5.69 Å². The van der Waals surface area contributed by atoms with Crippen LogP contribution in [0.1, 0.15) is 17.4 Å². The molecule has 0 saturated carbocycles.